The number of amides is 2. The average molecular weight is 464 g/mol. The standard InChI is InChI=1S/C25H29N5O2S/c1-3-19(2)30(25(32)22-10-7-17-33-22)18-24(31)29-15-13-28(14-16-29)23-12-11-21(26-27-23)20-8-5-4-6-9-20/h4-12,17,19H,3,13-16,18H2,1-2H3. The van der Waals surface area contributed by atoms with Crippen LogP contribution in [0.1, 0.15) is 29.9 Å². The van der Waals surface area contributed by atoms with Crippen molar-refractivity contribution in [1.82, 2.24) is 20.0 Å². The van der Waals surface area contributed by atoms with Gasteiger partial charge >= 0.3 is 0 Å². The Bertz CT molecular complexity index is 1050. The number of aromatic nitrogens is 2. The lowest BCUT2D eigenvalue weighted by atomic mass is 10.1. The SMILES string of the molecule is CCC(C)N(CC(=O)N1CCN(c2ccc(-c3ccccc3)nn2)CC1)C(=O)c1cccs1. The van der Waals surface area contributed by atoms with Crippen molar-refractivity contribution in [2.75, 3.05) is 37.6 Å². The summed E-state index contributed by atoms with van der Waals surface area (Å²) in [5.74, 6) is 0.737. The molecule has 0 radical (unpaired) electrons. The van der Waals surface area contributed by atoms with Gasteiger partial charge in [0.2, 0.25) is 5.91 Å². The van der Waals surface area contributed by atoms with E-state index in [0.29, 0.717) is 31.1 Å². The second-order valence-electron chi connectivity index (χ2n) is 8.18. The minimum Gasteiger partial charge on any atom is -0.352 e. The first kappa shape index (κ1) is 22.9. The zero-order valence-electron chi connectivity index (χ0n) is 19.1. The van der Waals surface area contributed by atoms with Gasteiger partial charge in [-0.3, -0.25) is 9.59 Å². The normalized spacial score (nSPS) is 14.7. The fourth-order valence-electron chi connectivity index (χ4n) is 3.88. The van der Waals surface area contributed by atoms with Gasteiger partial charge in [0.15, 0.2) is 5.82 Å². The molecular formula is C25H29N5O2S. The van der Waals surface area contributed by atoms with Crippen molar-refractivity contribution >= 4 is 29.0 Å². The van der Waals surface area contributed by atoms with E-state index in [-0.39, 0.29) is 24.4 Å². The molecule has 1 atom stereocenters. The van der Waals surface area contributed by atoms with Crippen LogP contribution in [0, 0.1) is 0 Å². The topological polar surface area (TPSA) is 69.6 Å². The van der Waals surface area contributed by atoms with Crippen LogP contribution in [0.4, 0.5) is 5.82 Å². The molecular weight excluding hydrogens is 434 g/mol. The van der Waals surface area contributed by atoms with E-state index in [0.717, 1.165) is 23.5 Å². The molecule has 3 heterocycles. The fourth-order valence-corrected chi connectivity index (χ4v) is 4.56. The maximum Gasteiger partial charge on any atom is 0.264 e. The monoisotopic (exact) mass is 463 g/mol. The van der Waals surface area contributed by atoms with Gasteiger partial charge in [0.05, 0.1) is 10.6 Å². The molecule has 1 saturated heterocycles. The molecule has 1 aliphatic rings. The van der Waals surface area contributed by atoms with E-state index < -0.39 is 0 Å². The third-order valence-corrected chi connectivity index (χ3v) is 6.96. The summed E-state index contributed by atoms with van der Waals surface area (Å²) in [5.41, 5.74) is 1.88. The van der Waals surface area contributed by atoms with Crippen molar-refractivity contribution in [2.24, 2.45) is 0 Å². The molecule has 0 aliphatic carbocycles. The summed E-state index contributed by atoms with van der Waals surface area (Å²) in [5, 5.41) is 10.7. The highest BCUT2D eigenvalue weighted by Crippen LogP contribution is 2.20. The Labute approximate surface area is 198 Å². The van der Waals surface area contributed by atoms with E-state index in [9.17, 15) is 9.59 Å². The molecule has 3 aromatic rings. The Morgan fingerprint density at radius 2 is 1.76 bits per heavy atom. The Balaban J connectivity index is 1.35. The van der Waals surface area contributed by atoms with Gasteiger partial charge in [-0.25, -0.2) is 0 Å². The molecule has 0 bridgehead atoms. The average Bonchev–Trinajstić information content (AvgIpc) is 3.42. The minimum atomic E-state index is -0.0693. The van der Waals surface area contributed by atoms with Gasteiger partial charge in [-0.15, -0.1) is 21.5 Å². The van der Waals surface area contributed by atoms with Crippen molar-refractivity contribution < 1.29 is 9.59 Å². The zero-order chi connectivity index (χ0) is 23.2. The second kappa shape index (κ2) is 10.6. The Hall–Kier alpha value is -3.26. The minimum absolute atomic E-state index is 0.00300. The number of carbonyl (C=O) groups is 2. The zero-order valence-corrected chi connectivity index (χ0v) is 19.9. The summed E-state index contributed by atoms with van der Waals surface area (Å²) in [4.78, 5) is 32.3. The number of nitrogens with zero attached hydrogens (tertiary/aromatic N) is 5. The van der Waals surface area contributed by atoms with Gasteiger partial charge in [-0.05, 0) is 36.9 Å². The van der Waals surface area contributed by atoms with E-state index in [4.69, 9.17) is 0 Å². The van der Waals surface area contributed by atoms with Crippen LogP contribution in [-0.4, -0.2) is 70.6 Å². The molecule has 0 spiro atoms. The number of thiophene rings is 1. The molecule has 0 saturated carbocycles. The third kappa shape index (κ3) is 5.39. The van der Waals surface area contributed by atoms with Crippen LogP contribution in [0.2, 0.25) is 0 Å². The van der Waals surface area contributed by atoms with Crippen LogP contribution >= 0.6 is 11.3 Å². The van der Waals surface area contributed by atoms with Crippen LogP contribution in [-0.2, 0) is 4.79 Å². The number of hydrogen-bond acceptors (Lipinski definition) is 6. The highest BCUT2D eigenvalue weighted by Gasteiger charge is 2.28. The van der Waals surface area contributed by atoms with Crippen molar-refractivity contribution in [3.63, 3.8) is 0 Å². The van der Waals surface area contributed by atoms with Gasteiger partial charge in [-0.1, -0.05) is 43.3 Å². The molecule has 1 unspecified atom stereocenters. The van der Waals surface area contributed by atoms with Crippen LogP contribution in [0.25, 0.3) is 11.3 Å². The molecule has 33 heavy (non-hydrogen) atoms. The molecule has 2 aromatic heterocycles. The summed E-state index contributed by atoms with van der Waals surface area (Å²) in [6.45, 7) is 6.71. The maximum absolute atomic E-state index is 13.0. The Kier molecular flexibility index (Phi) is 7.34. The highest BCUT2D eigenvalue weighted by molar-refractivity contribution is 7.12. The summed E-state index contributed by atoms with van der Waals surface area (Å²) in [7, 11) is 0. The first-order valence-electron chi connectivity index (χ1n) is 11.3. The van der Waals surface area contributed by atoms with Gasteiger partial charge in [-0.2, -0.15) is 0 Å². The molecule has 0 N–H and O–H groups in total. The van der Waals surface area contributed by atoms with E-state index in [1.54, 1.807) is 4.90 Å². The molecule has 8 heteroatoms. The van der Waals surface area contributed by atoms with Crippen LogP contribution < -0.4 is 4.90 Å². The predicted molar refractivity (Wildman–Crippen MR) is 131 cm³/mol. The smallest absolute Gasteiger partial charge is 0.264 e. The number of hydrogen-bond donors (Lipinski definition) is 0. The van der Waals surface area contributed by atoms with Crippen molar-refractivity contribution in [3.8, 4) is 11.3 Å². The first-order chi connectivity index (χ1) is 16.1. The van der Waals surface area contributed by atoms with Crippen molar-refractivity contribution in [3.05, 3.63) is 64.9 Å². The fraction of sp³-hybridized carbons (Fsp3) is 0.360. The molecule has 7 nitrogen and oxygen atoms in total. The van der Waals surface area contributed by atoms with E-state index in [2.05, 4.69) is 15.1 Å². The lowest BCUT2D eigenvalue weighted by molar-refractivity contribution is -0.132. The van der Waals surface area contributed by atoms with Crippen LogP contribution in [0.3, 0.4) is 0 Å². The van der Waals surface area contributed by atoms with Crippen molar-refractivity contribution in [2.45, 2.75) is 26.3 Å². The summed E-state index contributed by atoms with van der Waals surface area (Å²) >= 11 is 1.41. The summed E-state index contributed by atoms with van der Waals surface area (Å²) in [6, 6.07) is 17.6. The third-order valence-electron chi connectivity index (χ3n) is 6.10. The van der Waals surface area contributed by atoms with Gasteiger partial charge in [0.25, 0.3) is 5.91 Å². The molecule has 2 amide bonds. The largest absolute Gasteiger partial charge is 0.352 e. The number of rotatable bonds is 7. The number of anilines is 1. The van der Waals surface area contributed by atoms with Crippen LogP contribution in [0.5, 0.6) is 0 Å². The quantitative estimate of drug-likeness (QED) is 0.533. The number of carbonyl (C=O) groups excluding carboxylic acids is 2. The predicted octanol–water partition coefficient (Wildman–Crippen LogP) is 3.79. The molecule has 4 rings (SSSR count). The summed E-state index contributed by atoms with van der Waals surface area (Å²) < 4.78 is 0. The van der Waals surface area contributed by atoms with Gasteiger partial charge in [0, 0.05) is 37.8 Å². The van der Waals surface area contributed by atoms with Crippen LogP contribution in [0.15, 0.2) is 60.0 Å². The van der Waals surface area contributed by atoms with E-state index in [1.807, 2.05) is 78.7 Å². The summed E-state index contributed by atoms with van der Waals surface area (Å²) in [6.07, 6.45) is 0.801. The lowest BCUT2D eigenvalue weighted by Gasteiger charge is -2.37. The molecule has 172 valence electrons. The highest BCUT2D eigenvalue weighted by atomic mass is 32.1. The maximum atomic E-state index is 13.0. The number of piperazine rings is 1. The van der Waals surface area contributed by atoms with Gasteiger partial charge < -0.3 is 14.7 Å². The Morgan fingerprint density at radius 3 is 2.36 bits per heavy atom. The van der Waals surface area contributed by atoms with E-state index >= 15 is 0 Å². The first-order valence-corrected chi connectivity index (χ1v) is 12.2. The Morgan fingerprint density at radius 1 is 1.00 bits per heavy atom. The number of benzene rings is 1. The van der Waals surface area contributed by atoms with E-state index in [1.165, 1.54) is 11.3 Å². The molecule has 1 aromatic carbocycles. The molecule has 1 aliphatic heterocycles. The van der Waals surface area contributed by atoms with Gasteiger partial charge in [0.1, 0.15) is 6.54 Å². The second-order valence-corrected chi connectivity index (χ2v) is 9.13. The lowest BCUT2D eigenvalue weighted by Crippen LogP contribution is -2.53. The molecule has 1 fully saturated rings. The van der Waals surface area contributed by atoms with Crippen molar-refractivity contribution in [1.29, 1.82) is 0 Å².